The summed E-state index contributed by atoms with van der Waals surface area (Å²) in [6.07, 6.45) is 5.68. The highest BCUT2D eigenvalue weighted by molar-refractivity contribution is 5.90. The number of rotatable bonds is 9. The quantitative estimate of drug-likeness (QED) is 0.556. The molecule has 1 saturated carbocycles. The Balaban J connectivity index is 2.07. The second-order valence-electron chi connectivity index (χ2n) is 10.1. The molecule has 2 fully saturated rings. The first-order valence-electron chi connectivity index (χ1n) is 11.6. The Morgan fingerprint density at radius 2 is 1.70 bits per heavy atom. The van der Waals surface area contributed by atoms with Crippen molar-refractivity contribution in [1.82, 2.24) is 15.5 Å². The summed E-state index contributed by atoms with van der Waals surface area (Å²) in [5.41, 5.74) is -0.451. The fourth-order valence-electron chi connectivity index (χ4n) is 4.09. The van der Waals surface area contributed by atoms with Crippen molar-refractivity contribution in [3.05, 3.63) is 0 Å². The van der Waals surface area contributed by atoms with E-state index in [1.807, 2.05) is 46.4 Å². The first-order chi connectivity index (χ1) is 14.1. The van der Waals surface area contributed by atoms with Gasteiger partial charge in [-0.25, -0.2) is 9.59 Å². The number of nitrogens with one attached hydrogen (secondary N) is 2. The molecule has 0 radical (unpaired) electrons. The van der Waals surface area contributed by atoms with Crippen LogP contribution in [0.1, 0.15) is 80.1 Å². The zero-order valence-corrected chi connectivity index (χ0v) is 19.6. The van der Waals surface area contributed by atoms with Crippen molar-refractivity contribution in [1.29, 1.82) is 0 Å². The fraction of sp³-hybridized carbons (Fsp3) is 0.870. The molecule has 1 aliphatic heterocycles. The summed E-state index contributed by atoms with van der Waals surface area (Å²) in [5, 5.41) is 5.70. The summed E-state index contributed by atoms with van der Waals surface area (Å²) in [6, 6.07) is -1.68. The SMILES string of the molecule is CCC(CC)C(NC(=O)NC(C(=O)N1CCCC1C)C(C)(C)C)C(=O)OCC1CC1. The number of nitrogens with zero attached hydrogens (tertiary/aromatic N) is 1. The molecule has 2 rings (SSSR count). The third kappa shape index (κ3) is 6.61. The molecular formula is C23H41N3O4. The van der Waals surface area contributed by atoms with Crippen LogP contribution in [0.4, 0.5) is 4.79 Å². The number of hydrogen-bond acceptors (Lipinski definition) is 4. The van der Waals surface area contributed by atoms with E-state index >= 15 is 0 Å². The average molecular weight is 424 g/mol. The number of ether oxygens (including phenoxy) is 1. The minimum absolute atomic E-state index is 0.00940. The average Bonchev–Trinajstić information content (AvgIpc) is 3.41. The first kappa shape index (κ1) is 24.5. The molecule has 3 unspecified atom stereocenters. The van der Waals surface area contributed by atoms with E-state index in [4.69, 9.17) is 4.74 Å². The molecule has 0 spiro atoms. The van der Waals surface area contributed by atoms with Crippen LogP contribution in [0.2, 0.25) is 0 Å². The maximum Gasteiger partial charge on any atom is 0.328 e. The Bertz CT molecular complexity index is 608. The van der Waals surface area contributed by atoms with Crippen molar-refractivity contribution in [2.45, 2.75) is 98.2 Å². The van der Waals surface area contributed by atoms with E-state index in [9.17, 15) is 14.4 Å². The van der Waals surface area contributed by atoms with Crippen LogP contribution >= 0.6 is 0 Å². The van der Waals surface area contributed by atoms with Crippen molar-refractivity contribution >= 4 is 17.9 Å². The molecule has 1 saturated heterocycles. The number of urea groups is 1. The van der Waals surface area contributed by atoms with Crippen molar-refractivity contribution in [2.75, 3.05) is 13.2 Å². The summed E-state index contributed by atoms with van der Waals surface area (Å²) in [5.74, 6) is 0.0240. The van der Waals surface area contributed by atoms with E-state index in [2.05, 4.69) is 10.6 Å². The number of esters is 1. The second kappa shape index (κ2) is 10.5. The molecule has 1 aliphatic carbocycles. The number of hydrogen-bond donors (Lipinski definition) is 2. The lowest BCUT2D eigenvalue weighted by atomic mass is 9.85. The first-order valence-corrected chi connectivity index (χ1v) is 11.6. The number of likely N-dealkylation sites (tertiary alicyclic amines) is 1. The summed E-state index contributed by atoms with van der Waals surface area (Å²) in [4.78, 5) is 40.6. The van der Waals surface area contributed by atoms with Crippen LogP contribution in [0.15, 0.2) is 0 Å². The van der Waals surface area contributed by atoms with Crippen LogP contribution in [-0.2, 0) is 14.3 Å². The molecule has 1 heterocycles. The van der Waals surface area contributed by atoms with Crippen molar-refractivity contribution < 1.29 is 19.1 Å². The van der Waals surface area contributed by atoms with Crippen LogP contribution in [0, 0.1) is 17.3 Å². The minimum atomic E-state index is -0.708. The molecule has 30 heavy (non-hydrogen) atoms. The standard InChI is InChI=1S/C23H41N3O4/c1-7-17(8-2)18(21(28)30-14-16-11-12-16)24-22(29)25-19(23(4,5)6)20(27)26-13-9-10-15(26)3/h15-19H,7-14H2,1-6H3,(H2,24,25,29). The highest BCUT2D eigenvalue weighted by Crippen LogP contribution is 2.29. The second-order valence-corrected chi connectivity index (χ2v) is 10.1. The maximum atomic E-state index is 13.2. The molecule has 2 N–H and O–H groups in total. The largest absolute Gasteiger partial charge is 0.464 e. The molecule has 3 amide bonds. The lowest BCUT2D eigenvalue weighted by Crippen LogP contribution is -2.59. The molecule has 3 atom stereocenters. The van der Waals surface area contributed by atoms with Gasteiger partial charge in [0.15, 0.2) is 0 Å². The van der Waals surface area contributed by atoms with E-state index in [1.54, 1.807) is 0 Å². The number of amides is 3. The van der Waals surface area contributed by atoms with Gasteiger partial charge in [-0.3, -0.25) is 4.79 Å². The van der Waals surface area contributed by atoms with Crippen LogP contribution in [0.25, 0.3) is 0 Å². The lowest BCUT2D eigenvalue weighted by Gasteiger charge is -2.35. The van der Waals surface area contributed by atoms with Gasteiger partial charge < -0.3 is 20.3 Å². The van der Waals surface area contributed by atoms with Gasteiger partial charge >= 0.3 is 12.0 Å². The van der Waals surface area contributed by atoms with Gasteiger partial charge in [0.05, 0.1) is 6.61 Å². The summed E-state index contributed by atoms with van der Waals surface area (Å²) in [6.45, 7) is 13.0. The molecule has 7 heteroatoms. The van der Waals surface area contributed by atoms with Crippen molar-refractivity contribution in [3.8, 4) is 0 Å². The predicted molar refractivity (Wildman–Crippen MR) is 117 cm³/mol. The molecule has 2 aliphatic rings. The van der Waals surface area contributed by atoms with Crippen LogP contribution in [0.5, 0.6) is 0 Å². The minimum Gasteiger partial charge on any atom is -0.464 e. The van der Waals surface area contributed by atoms with E-state index in [1.165, 1.54) is 0 Å². The fourth-order valence-corrected chi connectivity index (χ4v) is 4.09. The molecule has 0 aromatic carbocycles. The predicted octanol–water partition coefficient (Wildman–Crippen LogP) is 3.47. The summed E-state index contributed by atoms with van der Waals surface area (Å²) in [7, 11) is 0. The summed E-state index contributed by atoms with van der Waals surface area (Å²) >= 11 is 0. The lowest BCUT2D eigenvalue weighted by molar-refractivity contribution is -0.148. The third-order valence-corrected chi connectivity index (χ3v) is 6.44. The van der Waals surface area contributed by atoms with Gasteiger partial charge in [-0.2, -0.15) is 0 Å². The Morgan fingerprint density at radius 3 is 2.17 bits per heavy atom. The van der Waals surface area contributed by atoms with Gasteiger partial charge in [0.25, 0.3) is 0 Å². The van der Waals surface area contributed by atoms with Gasteiger partial charge in [0.2, 0.25) is 5.91 Å². The normalized spacial score (nSPS) is 21.3. The van der Waals surface area contributed by atoms with E-state index in [0.29, 0.717) is 12.5 Å². The Kier molecular flexibility index (Phi) is 8.56. The smallest absolute Gasteiger partial charge is 0.328 e. The summed E-state index contributed by atoms with van der Waals surface area (Å²) < 4.78 is 5.47. The van der Waals surface area contributed by atoms with Crippen LogP contribution < -0.4 is 10.6 Å². The van der Waals surface area contributed by atoms with Crippen LogP contribution in [-0.4, -0.2) is 54.1 Å². The highest BCUT2D eigenvalue weighted by atomic mass is 16.5. The van der Waals surface area contributed by atoms with E-state index in [0.717, 1.165) is 45.1 Å². The molecule has 172 valence electrons. The topological polar surface area (TPSA) is 87.7 Å². The van der Waals surface area contributed by atoms with Crippen LogP contribution in [0.3, 0.4) is 0 Å². The van der Waals surface area contributed by atoms with Gasteiger partial charge in [-0.15, -0.1) is 0 Å². The van der Waals surface area contributed by atoms with E-state index < -0.39 is 23.5 Å². The molecule has 0 aromatic rings. The van der Waals surface area contributed by atoms with E-state index in [-0.39, 0.29) is 23.8 Å². The third-order valence-electron chi connectivity index (χ3n) is 6.44. The van der Waals surface area contributed by atoms with Gasteiger partial charge in [-0.05, 0) is 49.9 Å². The number of carbonyl (C=O) groups excluding carboxylic acids is 3. The Morgan fingerprint density at radius 1 is 1.07 bits per heavy atom. The Labute approximate surface area is 181 Å². The molecule has 7 nitrogen and oxygen atoms in total. The molecule has 0 bridgehead atoms. The zero-order valence-electron chi connectivity index (χ0n) is 19.6. The van der Waals surface area contributed by atoms with Gasteiger partial charge in [0.1, 0.15) is 12.1 Å². The molecule has 0 aromatic heterocycles. The highest BCUT2D eigenvalue weighted by Gasteiger charge is 2.39. The van der Waals surface area contributed by atoms with Gasteiger partial charge in [-0.1, -0.05) is 47.5 Å². The maximum absolute atomic E-state index is 13.2. The van der Waals surface area contributed by atoms with Crippen molar-refractivity contribution in [2.24, 2.45) is 17.3 Å². The molecular weight excluding hydrogens is 382 g/mol. The number of carbonyl (C=O) groups is 3. The van der Waals surface area contributed by atoms with Crippen molar-refractivity contribution in [3.63, 3.8) is 0 Å². The zero-order chi connectivity index (χ0) is 22.5. The monoisotopic (exact) mass is 423 g/mol. The Hall–Kier alpha value is -1.79. The van der Waals surface area contributed by atoms with Gasteiger partial charge in [0, 0.05) is 12.6 Å².